The Kier molecular flexibility index (Phi) is 5.79. The van der Waals surface area contributed by atoms with Gasteiger partial charge >= 0.3 is 0 Å². The van der Waals surface area contributed by atoms with Crippen LogP contribution in [0.1, 0.15) is 61.2 Å². The molecule has 0 saturated carbocycles. The third-order valence-corrected chi connectivity index (χ3v) is 5.40. The van der Waals surface area contributed by atoms with Crippen molar-refractivity contribution in [2.45, 2.75) is 58.4 Å². The highest BCUT2D eigenvalue weighted by molar-refractivity contribution is 7.11. The van der Waals surface area contributed by atoms with Crippen LogP contribution in [0.2, 0.25) is 0 Å². The number of hydrogen-bond donors (Lipinski definition) is 2. The van der Waals surface area contributed by atoms with Gasteiger partial charge in [-0.15, -0.1) is 11.3 Å². The second kappa shape index (κ2) is 7.36. The van der Waals surface area contributed by atoms with E-state index < -0.39 is 0 Å². The van der Waals surface area contributed by atoms with Gasteiger partial charge in [-0.1, -0.05) is 13.3 Å². The summed E-state index contributed by atoms with van der Waals surface area (Å²) in [5.74, 6) is 0.571. The van der Waals surface area contributed by atoms with Gasteiger partial charge in [0.2, 0.25) is 0 Å². The smallest absolute Gasteiger partial charge is 0.110 e. The predicted octanol–water partition coefficient (Wildman–Crippen LogP) is 3.08. The fourth-order valence-electron chi connectivity index (χ4n) is 2.62. The fraction of sp³-hybridized carbons (Fsp3) is 0.800. The number of rotatable bonds is 7. The van der Waals surface area contributed by atoms with Crippen molar-refractivity contribution < 1.29 is 5.11 Å². The van der Waals surface area contributed by atoms with Crippen molar-refractivity contribution in [3.8, 4) is 0 Å². The molecule has 2 unspecified atom stereocenters. The minimum Gasteiger partial charge on any atom is -0.396 e. The molecule has 0 saturated heterocycles. The van der Waals surface area contributed by atoms with Crippen molar-refractivity contribution in [2.24, 2.45) is 5.92 Å². The maximum Gasteiger partial charge on any atom is 0.110 e. The van der Waals surface area contributed by atoms with Gasteiger partial charge in [-0.05, 0) is 51.5 Å². The first kappa shape index (κ1) is 14.9. The number of aliphatic hydroxyl groups is 1. The molecule has 2 N–H and O–H groups in total. The Morgan fingerprint density at radius 3 is 2.84 bits per heavy atom. The van der Waals surface area contributed by atoms with Crippen LogP contribution in [0.5, 0.6) is 0 Å². The highest BCUT2D eigenvalue weighted by atomic mass is 32.1. The molecule has 1 heterocycles. The molecule has 1 aliphatic carbocycles. The number of nitrogens with zero attached hydrogens (tertiary/aromatic N) is 1. The zero-order chi connectivity index (χ0) is 13.7. The van der Waals surface area contributed by atoms with Crippen molar-refractivity contribution in [1.29, 1.82) is 0 Å². The molecule has 2 rings (SSSR count). The number of hydrogen-bond acceptors (Lipinski definition) is 4. The Labute approximate surface area is 120 Å². The number of aryl methyl sites for hydroxylation is 2. The SMILES string of the molecule is CCC(CCO)CNC(C)c1nc2c(s1)CCCC2. The summed E-state index contributed by atoms with van der Waals surface area (Å²) in [6.07, 6.45) is 7.03. The molecule has 0 spiro atoms. The van der Waals surface area contributed by atoms with Gasteiger partial charge in [-0.25, -0.2) is 4.98 Å². The monoisotopic (exact) mass is 282 g/mol. The zero-order valence-corrected chi connectivity index (χ0v) is 12.9. The van der Waals surface area contributed by atoms with E-state index in [1.54, 1.807) is 0 Å². The van der Waals surface area contributed by atoms with Gasteiger partial charge in [0.05, 0.1) is 11.7 Å². The number of aliphatic hydroxyl groups excluding tert-OH is 1. The van der Waals surface area contributed by atoms with Crippen LogP contribution in [0.25, 0.3) is 0 Å². The van der Waals surface area contributed by atoms with E-state index in [1.807, 2.05) is 11.3 Å². The Balaban J connectivity index is 1.88. The van der Waals surface area contributed by atoms with E-state index in [4.69, 9.17) is 10.1 Å². The third-order valence-electron chi connectivity index (χ3n) is 4.06. The topological polar surface area (TPSA) is 45.1 Å². The average molecular weight is 282 g/mol. The molecule has 3 nitrogen and oxygen atoms in total. The summed E-state index contributed by atoms with van der Waals surface area (Å²) in [5.41, 5.74) is 1.35. The first-order valence-electron chi connectivity index (χ1n) is 7.57. The molecular weight excluding hydrogens is 256 g/mol. The van der Waals surface area contributed by atoms with Crippen molar-refractivity contribution in [3.63, 3.8) is 0 Å². The number of nitrogens with one attached hydrogen (secondary N) is 1. The first-order chi connectivity index (χ1) is 9.24. The van der Waals surface area contributed by atoms with Gasteiger partial charge in [-0.2, -0.15) is 0 Å². The zero-order valence-electron chi connectivity index (χ0n) is 12.1. The summed E-state index contributed by atoms with van der Waals surface area (Å²) >= 11 is 1.89. The fourth-order valence-corrected chi connectivity index (χ4v) is 3.80. The van der Waals surface area contributed by atoms with Crippen LogP contribution in [-0.4, -0.2) is 23.2 Å². The highest BCUT2D eigenvalue weighted by Gasteiger charge is 2.18. The van der Waals surface area contributed by atoms with E-state index in [-0.39, 0.29) is 0 Å². The molecule has 1 aromatic rings. The number of thiazole rings is 1. The maximum atomic E-state index is 9.02. The van der Waals surface area contributed by atoms with Crippen LogP contribution >= 0.6 is 11.3 Å². The predicted molar refractivity (Wildman–Crippen MR) is 80.7 cm³/mol. The molecular formula is C15H26N2OS. The summed E-state index contributed by atoms with van der Waals surface area (Å²) in [4.78, 5) is 6.32. The lowest BCUT2D eigenvalue weighted by Crippen LogP contribution is -2.26. The lowest BCUT2D eigenvalue weighted by atomic mass is 10.0. The number of fused-ring (bicyclic) bond motifs is 1. The van der Waals surface area contributed by atoms with Gasteiger partial charge in [0, 0.05) is 11.5 Å². The molecule has 2 atom stereocenters. The molecule has 19 heavy (non-hydrogen) atoms. The standard InChI is InChI=1S/C15H26N2OS/c1-3-12(8-9-18)10-16-11(2)15-17-13-6-4-5-7-14(13)19-15/h11-12,16,18H,3-10H2,1-2H3. The van der Waals surface area contributed by atoms with E-state index in [2.05, 4.69) is 19.2 Å². The van der Waals surface area contributed by atoms with E-state index in [1.165, 1.54) is 41.3 Å². The van der Waals surface area contributed by atoms with Crippen LogP contribution in [0.15, 0.2) is 0 Å². The molecule has 1 aromatic heterocycles. The lowest BCUT2D eigenvalue weighted by Gasteiger charge is -2.17. The van der Waals surface area contributed by atoms with Gasteiger partial charge in [0.1, 0.15) is 5.01 Å². The summed E-state index contributed by atoms with van der Waals surface area (Å²) in [6.45, 7) is 5.66. The molecule has 0 fully saturated rings. The molecule has 108 valence electrons. The van der Waals surface area contributed by atoms with Gasteiger partial charge < -0.3 is 10.4 Å². The van der Waals surface area contributed by atoms with Crippen molar-refractivity contribution in [1.82, 2.24) is 10.3 Å². The van der Waals surface area contributed by atoms with E-state index in [9.17, 15) is 0 Å². The highest BCUT2D eigenvalue weighted by Crippen LogP contribution is 2.29. The van der Waals surface area contributed by atoms with Gasteiger partial charge in [0.15, 0.2) is 0 Å². The molecule has 0 radical (unpaired) electrons. The van der Waals surface area contributed by atoms with Crippen molar-refractivity contribution in [3.05, 3.63) is 15.6 Å². The summed E-state index contributed by atoms with van der Waals surface area (Å²) in [7, 11) is 0. The first-order valence-corrected chi connectivity index (χ1v) is 8.39. The minimum atomic E-state index is 0.292. The second-order valence-corrected chi connectivity index (χ2v) is 6.66. The maximum absolute atomic E-state index is 9.02. The molecule has 0 aromatic carbocycles. The molecule has 4 heteroatoms. The summed E-state index contributed by atoms with van der Waals surface area (Å²) in [5, 5.41) is 13.8. The van der Waals surface area contributed by atoms with Crippen LogP contribution in [0.3, 0.4) is 0 Å². The van der Waals surface area contributed by atoms with E-state index in [0.717, 1.165) is 19.4 Å². The van der Waals surface area contributed by atoms with Crippen molar-refractivity contribution >= 4 is 11.3 Å². The average Bonchev–Trinajstić information content (AvgIpc) is 2.87. The summed E-state index contributed by atoms with van der Waals surface area (Å²) < 4.78 is 0. The Hall–Kier alpha value is -0.450. The van der Waals surface area contributed by atoms with Crippen LogP contribution in [-0.2, 0) is 12.8 Å². The Bertz CT molecular complexity index is 368. The molecule has 0 amide bonds. The molecule has 0 aliphatic heterocycles. The van der Waals surface area contributed by atoms with Gasteiger partial charge in [-0.3, -0.25) is 0 Å². The minimum absolute atomic E-state index is 0.292. The van der Waals surface area contributed by atoms with Crippen LogP contribution < -0.4 is 5.32 Å². The molecule has 0 bridgehead atoms. The quantitative estimate of drug-likeness (QED) is 0.808. The van der Waals surface area contributed by atoms with Crippen LogP contribution in [0.4, 0.5) is 0 Å². The Morgan fingerprint density at radius 2 is 2.16 bits per heavy atom. The Morgan fingerprint density at radius 1 is 1.37 bits per heavy atom. The lowest BCUT2D eigenvalue weighted by molar-refractivity contribution is 0.249. The van der Waals surface area contributed by atoms with E-state index in [0.29, 0.717) is 18.6 Å². The van der Waals surface area contributed by atoms with Crippen LogP contribution in [0, 0.1) is 5.92 Å². The third kappa shape index (κ3) is 4.01. The number of aromatic nitrogens is 1. The molecule has 1 aliphatic rings. The largest absolute Gasteiger partial charge is 0.396 e. The second-order valence-electron chi connectivity index (χ2n) is 5.55. The van der Waals surface area contributed by atoms with Gasteiger partial charge in [0.25, 0.3) is 0 Å². The van der Waals surface area contributed by atoms with Crippen molar-refractivity contribution in [2.75, 3.05) is 13.2 Å². The van der Waals surface area contributed by atoms with E-state index >= 15 is 0 Å². The normalized spacial score (nSPS) is 18.1. The summed E-state index contributed by atoms with van der Waals surface area (Å²) in [6, 6.07) is 0.336.